The summed E-state index contributed by atoms with van der Waals surface area (Å²) in [4.78, 5) is 16.1. The summed E-state index contributed by atoms with van der Waals surface area (Å²) in [5, 5.41) is 10.1. The van der Waals surface area contributed by atoms with Crippen LogP contribution in [0.4, 0.5) is 14.5 Å². The molecule has 2 aromatic carbocycles. The van der Waals surface area contributed by atoms with E-state index in [9.17, 15) is 18.7 Å². The lowest BCUT2D eigenvalue weighted by molar-refractivity contribution is -0.137. The van der Waals surface area contributed by atoms with Gasteiger partial charge in [-0.1, -0.05) is 23.2 Å². The van der Waals surface area contributed by atoms with Gasteiger partial charge < -0.3 is 9.84 Å². The molecule has 0 aliphatic carbocycles. The minimum absolute atomic E-state index is 0.0444. The number of hydrogen-bond donors (Lipinski definition) is 1. The summed E-state index contributed by atoms with van der Waals surface area (Å²) in [6.07, 6.45) is 1.03. The van der Waals surface area contributed by atoms with Gasteiger partial charge in [0.1, 0.15) is 23.0 Å². The SMILES string of the molecule is CCOC(=O)/C(C=Nc1ccc(F)cc1)=C(/O)c1cc(F)c(Cl)cc1Cl. The first-order chi connectivity index (χ1) is 12.3. The van der Waals surface area contributed by atoms with Crippen molar-refractivity contribution in [2.45, 2.75) is 6.92 Å². The molecule has 0 amide bonds. The Morgan fingerprint density at radius 2 is 1.85 bits per heavy atom. The van der Waals surface area contributed by atoms with E-state index < -0.39 is 23.4 Å². The highest BCUT2D eigenvalue weighted by molar-refractivity contribution is 6.36. The zero-order chi connectivity index (χ0) is 19.3. The predicted molar refractivity (Wildman–Crippen MR) is 97.2 cm³/mol. The Hall–Kier alpha value is -2.44. The van der Waals surface area contributed by atoms with E-state index in [0.29, 0.717) is 5.69 Å². The number of benzene rings is 2. The number of carbonyl (C=O) groups excluding carboxylic acids is 1. The third kappa shape index (κ3) is 4.80. The molecule has 136 valence electrons. The second kappa shape index (κ2) is 8.78. The van der Waals surface area contributed by atoms with Crippen molar-refractivity contribution in [1.29, 1.82) is 0 Å². The van der Waals surface area contributed by atoms with Crippen LogP contribution in [0.1, 0.15) is 12.5 Å². The summed E-state index contributed by atoms with van der Waals surface area (Å²) < 4.78 is 31.5. The average Bonchev–Trinajstić information content (AvgIpc) is 2.60. The quantitative estimate of drug-likeness (QED) is 0.237. The molecular weight excluding hydrogens is 387 g/mol. The van der Waals surface area contributed by atoms with E-state index in [4.69, 9.17) is 27.9 Å². The molecular formula is C18H13Cl2F2NO3. The molecule has 2 rings (SSSR count). The maximum absolute atomic E-state index is 13.7. The summed E-state index contributed by atoms with van der Waals surface area (Å²) in [7, 11) is 0. The molecule has 0 aromatic heterocycles. The van der Waals surface area contributed by atoms with Gasteiger partial charge in [0.2, 0.25) is 0 Å². The fraction of sp³-hybridized carbons (Fsp3) is 0.111. The molecule has 2 aromatic rings. The van der Waals surface area contributed by atoms with Crippen LogP contribution < -0.4 is 0 Å². The van der Waals surface area contributed by atoms with Gasteiger partial charge in [-0.05, 0) is 43.3 Å². The van der Waals surface area contributed by atoms with Gasteiger partial charge in [0.25, 0.3) is 0 Å². The number of aliphatic hydroxyl groups excluding tert-OH is 1. The lowest BCUT2D eigenvalue weighted by Crippen LogP contribution is -2.11. The number of aliphatic hydroxyl groups is 1. The lowest BCUT2D eigenvalue weighted by Gasteiger charge is -2.09. The zero-order valence-corrected chi connectivity index (χ0v) is 15.0. The Balaban J connectivity index is 2.52. The molecule has 0 radical (unpaired) electrons. The highest BCUT2D eigenvalue weighted by Gasteiger charge is 2.20. The smallest absolute Gasteiger partial charge is 0.343 e. The van der Waals surface area contributed by atoms with Crippen LogP contribution in [0.5, 0.6) is 0 Å². The Morgan fingerprint density at radius 3 is 2.46 bits per heavy atom. The lowest BCUT2D eigenvalue weighted by atomic mass is 10.1. The summed E-state index contributed by atoms with van der Waals surface area (Å²) >= 11 is 11.6. The van der Waals surface area contributed by atoms with Crippen molar-refractivity contribution >= 4 is 46.8 Å². The van der Waals surface area contributed by atoms with Gasteiger partial charge in [0.15, 0.2) is 0 Å². The monoisotopic (exact) mass is 399 g/mol. The molecule has 1 N–H and O–H groups in total. The van der Waals surface area contributed by atoms with Gasteiger partial charge in [-0.3, -0.25) is 4.99 Å². The molecule has 26 heavy (non-hydrogen) atoms. The standard InChI is InChI=1S/C18H13Cl2F2NO3/c1-2-26-18(25)13(9-23-11-5-3-10(21)4-6-11)17(24)12-7-16(22)15(20)8-14(12)19/h3-9,24H,2H2,1H3/b17-13+,23-9?. The van der Waals surface area contributed by atoms with E-state index in [1.807, 2.05) is 0 Å². The van der Waals surface area contributed by atoms with Crippen LogP contribution in [0.25, 0.3) is 5.76 Å². The Kier molecular flexibility index (Phi) is 6.71. The van der Waals surface area contributed by atoms with E-state index in [2.05, 4.69) is 4.99 Å². The van der Waals surface area contributed by atoms with Gasteiger partial charge in [-0.25, -0.2) is 13.6 Å². The molecule has 8 heteroatoms. The highest BCUT2D eigenvalue weighted by atomic mass is 35.5. The van der Waals surface area contributed by atoms with Crippen molar-refractivity contribution < 1.29 is 23.4 Å². The Labute approximate surface area is 158 Å². The molecule has 0 saturated heterocycles. The highest BCUT2D eigenvalue weighted by Crippen LogP contribution is 2.30. The molecule has 0 aliphatic heterocycles. The number of nitrogens with zero attached hydrogens (tertiary/aromatic N) is 1. The van der Waals surface area contributed by atoms with Crippen molar-refractivity contribution in [2.75, 3.05) is 6.61 Å². The van der Waals surface area contributed by atoms with Crippen molar-refractivity contribution in [3.63, 3.8) is 0 Å². The molecule has 0 fully saturated rings. The maximum atomic E-state index is 13.7. The molecule has 0 unspecified atom stereocenters. The van der Waals surface area contributed by atoms with E-state index in [1.165, 1.54) is 24.3 Å². The zero-order valence-electron chi connectivity index (χ0n) is 13.5. The summed E-state index contributed by atoms with van der Waals surface area (Å²) in [5.74, 6) is -2.79. The molecule has 4 nitrogen and oxygen atoms in total. The van der Waals surface area contributed by atoms with Gasteiger partial charge in [-0.15, -0.1) is 0 Å². The summed E-state index contributed by atoms with van der Waals surface area (Å²) in [5.41, 5.74) is -0.170. The first-order valence-corrected chi connectivity index (χ1v) is 8.14. The number of esters is 1. The summed E-state index contributed by atoms with van der Waals surface area (Å²) in [6.45, 7) is 1.63. The minimum atomic E-state index is -0.887. The van der Waals surface area contributed by atoms with Crippen molar-refractivity contribution in [3.8, 4) is 0 Å². The number of hydrogen-bond acceptors (Lipinski definition) is 4. The van der Waals surface area contributed by atoms with Crippen molar-refractivity contribution in [3.05, 3.63) is 69.2 Å². The Morgan fingerprint density at radius 1 is 1.19 bits per heavy atom. The third-order valence-electron chi connectivity index (χ3n) is 3.18. The van der Waals surface area contributed by atoms with Gasteiger partial charge >= 0.3 is 5.97 Å². The second-order valence-electron chi connectivity index (χ2n) is 4.96. The van der Waals surface area contributed by atoms with E-state index in [1.54, 1.807) is 6.92 Å². The number of carbonyl (C=O) groups is 1. The van der Waals surface area contributed by atoms with Crippen LogP contribution in [0.2, 0.25) is 10.0 Å². The normalized spacial score (nSPS) is 12.2. The first kappa shape index (κ1) is 19.9. The number of rotatable bonds is 5. The maximum Gasteiger partial charge on any atom is 0.343 e. The fourth-order valence-corrected chi connectivity index (χ4v) is 2.41. The van der Waals surface area contributed by atoms with Gasteiger partial charge in [-0.2, -0.15) is 0 Å². The largest absolute Gasteiger partial charge is 0.506 e. The van der Waals surface area contributed by atoms with E-state index in [0.717, 1.165) is 18.3 Å². The average molecular weight is 400 g/mol. The first-order valence-electron chi connectivity index (χ1n) is 7.38. The van der Waals surface area contributed by atoms with Gasteiger partial charge in [0, 0.05) is 11.8 Å². The van der Waals surface area contributed by atoms with Crippen molar-refractivity contribution in [1.82, 2.24) is 0 Å². The second-order valence-corrected chi connectivity index (χ2v) is 5.78. The van der Waals surface area contributed by atoms with Crippen LogP contribution in [0.15, 0.2) is 47.0 Å². The van der Waals surface area contributed by atoms with E-state index >= 15 is 0 Å². The third-order valence-corrected chi connectivity index (χ3v) is 3.79. The van der Waals surface area contributed by atoms with Gasteiger partial charge in [0.05, 0.1) is 22.3 Å². The van der Waals surface area contributed by atoms with E-state index in [-0.39, 0.29) is 27.8 Å². The summed E-state index contributed by atoms with van der Waals surface area (Å²) in [6, 6.07) is 7.12. The molecule has 0 spiro atoms. The number of halogens is 4. The molecule has 0 aliphatic rings. The minimum Gasteiger partial charge on any atom is -0.506 e. The predicted octanol–water partition coefficient (Wildman–Crippen LogP) is 5.51. The molecule has 0 bridgehead atoms. The van der Waals surface area contributed by atoms with Crippen LogP contribution in [-0.4, -0.2) is 23.9 Å². The van der Waals surface area contributed by atoms with Crippen LogP contribution in [0, 0.1) is 11.6 Å². The number of ether oxygens (including phenoxy) is 1. The van der Waals surface area contributed by atoms with Crippen LogP contribution in [-0.2, 0) is 9.53 Å². The fourth-order valence-electron chi connectivity index (χ4n) is 1.93. The van der Waals surface area contributed by atoms with Crippen LogP contribution >= 0.6 is 23.2 Å². The van der Waals surface area contributed by atoms with Crippen molar-refractivity contribution in [2.24, 2.45) is 4.99 Å². The van der Waals surface area contributed by atoms with Crippen LogP contribution in [0.3, 0.4) is 0 Å². The Bertz CT molecular complexity index is 881. The number of aliphatic imine (C=N–C) groups is 1. The molecule has 0 saturated carbocycles. The molecule has 0 heterocycles. The molecule has 0 atom stereocenters. The topological polar surface area (TPSA) is 58.9 Å².